The van der Waals surface area contributed by atoms with E-state index in [1.54, 1.807) is 0 Å². The minimum Gasteiger partial charge on any atom is -0.481 e. The topological polar surface area (TPSA) is 154 Å². The van der Waals surface area contributed by atoms with E-state index in [1.807, 2.05) is 13.8 Å². The molecule has 4 amide bonds. The zero-order valence-electron chi connectivity index (χ0n) is 16.4. The zero-order valence-corrected chi connectivity index (χ0v) is 16.4. The summed E-state index contributed by atoms with van der Waals surface area (Å²) in [5.74, 6) is -1.87. The molecule has 0 saturated carbocycles. The van der Waals surface area contributed by atoms with E-state index < -0.39 is 35.9 Å². The van der Waals surface area contributed by atoms with Gasteiger partial charge in [-0.15, -0.1) is 0 Å². The number of amides is 4. The number of rotatable bonds is 8. The molecule has 1 aromatic rings. The van der Waals surface area contributed by atoms with Gasteiger partial charge in [-0.25, -0.2) is 9.78 Å². The van der Waals surface area contributed by atoms with Crippen molar-refractivity contribution in [2.45, 2.75) is 51.2 Å². The van der Waals surface area contributed by atoms with Crippen LogP contribution in [0.25, 0.3) is 0 Å². The van der Waals surface area contributed by atoms with Crippen LogP contribution in [0.15, 0.2) is 18.6 Å². The summed E-state index contributed by atoms with van der Waals surface area (Å²) in [4.78, 5) is 57.6. The van der Waals surface area contributed by atoms with Gasteiger partial charge in [0.2, 0.25) is 5.91 Å². The molecular weight excluding hydrogens is 380 g/mol. The van der Waals surface area contributed by atoms with Crippen molar-refractivity contribution in [3.05, 3.63) is 24.3 Å². The number of aliphatic carboxylic acids is 1. The number of carbonyl (C=O) groups excluding carboxylic acids is 3. The van der Waals surface area contributed by atoms with Crippen LogP contribution in [0.5, 0.6) is 0 Å². The molecule has 1 aliphatic rings. The van der Waals surface area contributed by atoms with E-state index in [9.17, 15) is 19.2 Å². The highest BCUT2D eigenvalue weighted by Gasteiger charge is 2.43. The molecule has 29 heavy (non-hydrogen) atoms. The molecule has 1 aromatic heterocycles. The lowest BCUT2D eigenvalue weighted by atomic mass is 10.1. The van der Waals surface area contributed by atoms with Crippen LogP contribution < -0.4 is 16.0 Å². The molecule has 1 aliphatic heterocycles. The number of aromatic nitrogens is 2. The largest absolute Gasteiger partial charge is 0.481 e. The van der Waals surface area contributed by atoms with Crippen LogP contribution in [0.2, 0.25) is 0 Å². The number of hydrogen-bond acceptors (Lipinski definition) is 6. The molecular formula is C18H26N6O5. The first-order valence-corrected chi connectivity index (χ1v) is 9.43. The Kier molecular flexibility index (Phi) is 7.87. The van der Waals surface area contributed by atoms with E-state index in [2.05, 4.69) is 25.9 Å². The number of carboxylic acids is 1. The summed E-state index contributed by atoms with van der Waals surface area (Å²) >= 11 is 0. The average Bonchev–Trinajstić information content (AvgIpc) is 3.07. The highest BCUT2D eigenvalue weighted by atomic mass is 16.4. The number of urea groups is 1. The quantitative estimate of drug-likeness (QED) is 0.434. The van der Waals surface area contributed by atoms with Gasteiger partial charge in [0, 0.05) is 37.9 Å². The maximum atomic E-state index is 12.8. The Hall–Kier alpha value is -3.24. The van der Waals surface area contributed by atoms with E-state index in [0.717, 1.165) is 0 Å². The zero-order chi connectivity index (χ0) is 21.4. The summed E-state index contributed by atoms with van der Waals surface area (Å²) < 4.78 is 0. The standard InChI is InChI=1S/C18H26N6O5/c1-11(2)22-18(29)23-12-5-9-24(17(28)13-10-19-7-8-20-13)15(12)16(27)21-6-3-4-14(25)26/h7-8,10-12,15H,3-6,9H2,1-2H3,(H,21,27)(H,25,26)(H2,22,23,29). The second kappa shape index (κ2) is 10.3. The molecule has 4 N–H and O–H groups in total. The Labute approximate surface area is 168 Å². The fourth-order valence-electron chi connectivity index (χ4n) is 3.08. The monoisotopic (exact) mass is 406 g/mol. The van der Waals surface area contributed by atoms with Crippen molar-refractivity contribution in [3.8, 4) is 0 Å². The third-order valence-corrected chi connectivity index (χ3v) is 4.31. The molecule has 2 heterocycles. The molecule has 1 fully saturated rings. The van der Waals surface area contributed by atoms with Crippen molar-refractivity contribution in [2.24, 2.45) is 0 Å². The van der Waals surface area contributed by atoms with E-state index in [1.165, 1.54) is 23.5 Å². The predicted octanol–water partition coefficient (Wildman–Crippen LogP) is -0.252. The Morgan fingerprint density at radius 1 is 1.28 bits per heavy atom. The number of carboxylic acid groups (broad SMARTS) is 1. The van der Waals surface area contributed by atoms with Crippen LogP contribution in [0.1, 0.15) is 43.6 Å². The van der Waals surface area contributed by atoms with E-state index in [0.29, 0.717) is 6.42 Å². The lowest BCUT2D eigenvalue weighted by molar-refractivity contribution is -0.137. The summed E-state index contributed by atoms with van der Waals surface area (Å²) in [6, 6.07) is -2.04. The number of likely N-dealkylation sites (tertiary alicyclic amines) is 1. The van der Waals surface area contributed by atoms with Crippen molar-refractivity contribution in [1.82, 2.24) is 30.8 Å². The van der Waals surface area contributed by atoms with Crippen LogP contribution in [0.3, 0.4) is 0 Å². The molecule has 0 spiro atoms. The van der Waals surface area contributed by atoms with Gasteiger partial charge < -0.3 is 26.0 Å². The molecule has 2 rings (SSSR count). The first-order valence-electron chi connectivity index (χ1n) is 9.43. The highest BCUT2D eigenvalue weighted by molar-refractivity contribution is 5.97. The van der Waals surface area contributed by atoms with Gasteiger partial charge >= 0.3 is 12.0 Å². The van der Waals surface area contributed by atoms with Crippen molar-refractivity contribution in [1.29, 1.82) is 0 Å². The second-order valence-corrected chi connectivity index (χ2v) is 6.99. The first-order chi connectivity index (χ1) is 13.8. The second-order valence-electron chi connectivity index (χ2n) is 6.99. The van der Waals surface area contributed by atoms with Gasteiger partial charge in [-0.3, -0.25) is 19.4 Å². The third kappa shape index (κ3) is 6.40. The average molecular weight is 406 g/mol. The van der Waals surface area contributed by atoms with E-state index >= 15 is 0 Å². The summed E-state index contributed by atoms with van der Waals surface area (Å²) in [7, 11) is 0. The van der Waals surface area contributed by atoms with Crippen LogP contribution in [-0.2, 0) is 9.59 Å². The van der Waals surface area contributed by atoms with Gasteiger partial charge in [-0.1, -0.05) is 0 Å². The smallest absolute Gasteiger partial charge is 0.315 e. The van der Waals surface area contributed by atoms with Crippen LogP contribution >= 0.6 is 0 Å². The number of hydrogen-bond donors (Lipinski definition) is 4. The van der Waals surface area contributed by atoms with Gasteiger partial charge in [-0.2, -0.15) is 0 Å². The SMILES string of the molecule is CC(C)NC(=O)NC1CCN(C(=O)c2cnccn2)C1C(=O)NCCCC(=O)O. The summed E-state index contributed by atoms with van der Waals surface area (Å²) in [6.45, 7) is 4.03. The molecule has 0 aliphatic carbocycles. The van der Waals surface area contributed by atoms with Crippen molar-refractivity contribution >= 4 is 23.8 Å². The van der Waals surface area contributed by atoms with Gasteiger partial charge in [0.1, 0.15) is 11.7 Å². The number of nitrogens with zero attached hydrogens (tertiary/aromatic N) is 3. The van der Waals surface area contributed by atoms with Gasteiger partial charge in [0.15, 0.2) is 0 Å². The molecule has 1 saturated heterocycles. The maximum absolute atomic E-state index is 12.8. The van der Waals surface area contributed by atoms with E-state index in [4.69, 9.17) is 5.11 Å². The van der Waals surface area contributed by atoms with Gasteiger partial charge in [-0.05, 0) is 26.7 Å². The summed E-state index contributed by atoms with van der Waals surface area (Å²) in [5.41, 5.74) is 0.100. The summed E-state index contributed by atoms with van der Waals surface area (Å²) in [5, 5.41) is 16.8. The maximum Gasteiger partial charge on any atom is 0.315 e. The fraction of sp³-hybridized carbons (Fsp3) is 0.556. The lowest BCUT2D eigenvalue weighted by Gasteiger charge is -2.27. The Balaban J connectivity index is 2.12. The highest BCUT2D eigenvalue weighted by Crippen LogP contribution is 2.21. The molecule has 0 aromatic carbocycles. The number of nitrogens with one attached hydrogen (secondary N) is 3. The third-order valence-electron chi connectivity index (χ3n) is 4.31. The molecule has 158 valence electrons. The van der Waals surface area contributed by atoms with Crippen molar-refractivity contribution in [3.63, 3.8) is 0 Å². The van der Waals surface area contributed by atoms with Gasteiger partial charge in [0.05, 0.1) is 12.2 Å². The minimum atomic E-state index is -0.954. The lowest BCUT2D eigenvalue weighted by Crippen LogP contribution is -2.56. The van der Waals surface area contributed by atoms with Crippen LogP contribution in [0.4, 0.5) is 4.79 Å². The van der Waals surface area contributed by atoms with Crippen molar-refractivity contribution < 1.29 is 24.3 Å². The van der Waals surface area contributed by atoms with E-state index in [-0.39, 0.29) is 37.7 Å². The normalized spacial score (nSPS) is 18.4. The first kappa shape index (κ1) is 22.1. The number of carbonyl (C=O) groups is 4. The molecule has 11 heteroatoms. The molecule has 2 atom stereocenters. The van der Waals surface area contributed by atoms with Crippen LogP contribution in [0, 0.1) is 0 Å². The van der Waals surface area contributed by atoms with Crippen LogP contribution in [-0.4, -0.2) is 75.0 Å². The predicted molar refractivity (Wildman–Crippen MR) is 102 cm³/mol. The Morgan fingerprint density at radius 3 is 2.66 bits per heavy atom. The van der Waals surface area contributed by atoms with Crippen molar-refractivity contribution in [2.75, 3.05) is 13.1 Å². The minimum absolute atomic E-state index is 0.0777. The van der Waals surface area contributed by atoms with Gasteiger partial charge in [0.25, 0.3) is 5.91 Å². The Morgan fingerprint density at radius 2 is 2.03 bits per heavy atom. The molecule has 11 nitrogen and oxygen atoms in total. The fourth-order valence-corrected chi connectivity index (χ4v) is 3.08. The Bertz CT molecular complexity index is 742. The molecule has 0 radical (unpaired) electrons. The summed E-state index contributed by atoms with van der Waals surface area (Å²) in [6.07, 6.45) is 4.72. The molecule has 2 unspecified atom stereocenters. The molecule has 0 bridgehead atoms.